The number of halogens is 2. The maximum Gasteiger partial charge on any atom is 0.274 e. The van der Waals surface area contributed by atoms with Crippen molar-refractivity contribution in [2.45, 2.75) is 6.54 Å². The molecular weight excluding hydrogens is 257 g/mol. The van der Waals surface area contributed by atoms with Gasteiger partial charge < -0.3 is 5.32 Å². The molecule has 0 atom stereocenters. The number of nitrogens with one attached hydrogen (secondary N) is 1. The highest BCUT2D eigenvalue weighted by molar-refractivity contribution is 6.67. The Morgan fingerprint density at radius 2 is 1.89 bits per heavy atom. The van der Waals surface area contributed by atoms with Crippen molar-refractivity contribution in [1.29, 1.82) is 0 Å². The standard InChI is InChI=1S/C12H9ClFN3O/c13-11(18)10-12(16-6-5-15-10)17-7-8-1-3-9(14)4-2-8/h1-6H,7H2,(H,16,17). The first kappa shape index (κ1) is 12.4. The van der Waals surface area contributed by atoms with Gasteiger partial charge in [0, 0.05) is 18.9 Å². The first-order valence-corrected chi connectivity index (χ1v) is 5.54. The molecule has 0 aliphatic heterocycles. The molecule has 0 radical (unpaired) electrons. The molecule has 0 fully saturated rings. The lowest BCUT2D eigenvalue weighted by molar-refractivity contribution is 0.107. The number of carbonyl (C=O) groups excluding carboxylic acids is 1. The van der Waals surface area contributed by atoms with E-state index < -0.39 is 5.24 Å². The van der Waals surface area contributed by atoms with Crippen LogP contribution in [0.2, 0.25) is 0 Å². The zero-order chi connectivity index (χ0) is 13.0. The van der Waals surface area contributed by atoms with E-state index in [1.165, 1.54) is 24.5 Å². The Labute approximate surface area is 108 Å². The van der Waals surface area contributed by atoms with Crippen LogP contribution in [0.25, 0.3) is 0 Å². The average Bonchev–Trinajstić information content (AvgIpc) is 2.38. The third-order valence-electron chi connectivity index (χ3n) is 2.26. The number of aromatic nitrogens is 2. The summed E-state index contributed by atoms with van der Waals surface area (Å²) in [6.07, 6.45) is 2.84. The lowest BCUT2D eigenvalue weighted by Gasteiger charge is -2.07. The van der Waals surface area contributed by atoms with Crippen LogP contribution in [0.15, 0.2) is 36.7 Å². The monoisotopic (exact) mass is 265 g/mol. The van der Waals surface area contributed by atoms with Gasteiger partial charge in [-0.2, -0.15) is 0 Å². The number of rotatable bonds is 4. The molecule has 1 N–H and O–H groups in total. The van der Waals surface area contributed by atoms with Crippen molar-refractivity contribution in [3.8, 4) is 0 Å². The van der Waals surface area contributed by atoms with E-state index in [-0.39, 0.29) is 11.5 Å². The fourth-order valence-electron chi connectivity index (χ4n) is 1.40. The van der Waals surface area contributed by atoms with E-state index in [2.05, 4.69) is 15.3 Å². The smallest absolute Gasteiger partial charge is 0.274 e. The van der Waals surface area contributed by atoms with Crippen molar-refractivity contribution >= 4 is 22.7 Å². The molecule has 92 valence electrons. The Morgan fingerprint density at radius 1 is 1.22 bits per heavy atom. The summed E-state index contributed by atoms with van der Waals surface area (Å²) in [5.74, 6) is 0.0108. The summed E-state index contributed by atoms with van der Waals surface area (Å²) in [7, 11) is 0. The Kier molecular flexibility index (Phi) is 3.84. The predicted octanol–water partition coefficient (Wildman–Crippen LogP) is 2.61. The minimum absolute atomic E-state index is 0.0706. The number of hydrogen-bond acceptors (Lipinski definition) is 4. The van der Waals surface area contributed by atoms with Crippen LogP contribution in [0, 0.1) is 5.82 Å². The Bertz CT molecular complexity index is 560. The molecule has 0 spiro atoms. The zero-order valence-electron chi connectivity index (χ0n) is 9.23. The summed E-state index contributed by atoms with van der Waals surface area (Å²) in [5, 5.41) is 2.25. The second kappa shape index (κ2) is 5.55. The topological polar surface area (TPSA) is 54.9 Å². The van der Waals surface area contributed by atoms with Gasteiger partial charge in [0.25, 0.3) is 5.24 Å². The van der Waals surface area contributed by atoms with E-state index in [1.807, 2.05) is 0 Å². The van der Waals surface area contributed by atoms with Gasteiger partial charge in [0.15, 0.2) is 11.5 Å². The molecule has 2 rings (SSSR count). The predicted molar refractivity (Wildman–Crippen MR) is 65.9 cm³/mol. The molecule has 18 heavy (non-hydrogen) atoms. The van der Waals surface area contributed by atoms with Crippen molar-refractivity contribution in [2.75, 3.05) is 5.32 Å². The van der Waals surface area contributed by atoms with Gasteiger partial charge in [-0.3, -0.25) is 4.79 Å². The number of anilines is 1. The van der Waals surface area contributed by atoms with Crippen molar-refractivity contribution in [2.24, 2.45) is 0 Å². The van der Waals surface area contributed by atoms with Crippen LogP contribution in [0.3, 0.4) is 0 Å². The highest BCUT2D eigenvalue weighted by Gasteiger charge is 2.10. The second-order valence-corrected chi connectivity index (χ2v) is 3.85. The molecule has 6 heteroatoms. The lowest BCUT2D eigenvalue weighted by Crippen LogP contribution is -2.07. The van der Waals surface area contributed by atoms with Crippen LogP contribution < -0.4 is 5.32 Å². The average molecular weight is 266 g/mol. The van der Waals surface area contributed by atoms with Crippen LogP contribution in [-0.4, -0.2) is 15.2 Å². The number of benzene rings is 1. The van der Waals surface area contributed by atoms with E-state index >= 15 is 0 Å². The molecular formula is C12H9ClFN3O. The highest BCUT2D eigenvalue weighted by atomic mass is 35.5. The van der Waals surface area contributed by atoms with Crippen molar-refractivity contribution < 1.29 is 9.18 Å². The molecule has 1 aromatic heterocycles. The second-order valence-electron chi connectivity index (χ2n) is 3.51. The fraction of sp³-hybridized carbons (Fsp3) is 0.0833. The van der Waals surface area contributed by atoms with Crippen LogP contribution >= 0.6 is 11.6 Å². The third-order valence-corrected chi connectivity index (χ3v) is 2.44. The van der Waals surface area contributed by atoms with Gasteiger partial charge in [0.1, 0.15) is 5.82 Å². The quantitative estimate of drug-likeness (QED) is 0.864. The lowest BCUT2D eigenvalue weighted by atomic mass is 10.2. The summed E-state index contributed by atoms with van der Waals surface area (Å²) < 4.78 is 12.7. The normalized spacial score (nSPS) is 10.1. The largest absolute Gasteiger partial charge is 0.364 e. The van der Waals surface area contributed by atoms with Crippen molar-refractivity contribution in [1.82, 2.24) is 9.97 Å². The maximum absolute atomic E-state index is 12.7. The molecule has 2 aromatic rings. The highest BCUT2D eigenvalue weighted by Crippen LogP contribution is 2.12. The molecule has 0 amide bonds. The third kappa shape index (κ3) is 3.01. The van der Waals surface area contributed by atoms with Gasteiger partial charge in [-0.1, -0.05) is 12.1 Å². The fourth-order valence-corrected chi connectivity index (χ4v) is 1.54. The summed E-state index contributed by atoms with van der Waals surface area (Å²) in [6, 6.07) is 6.00. The zero-order valence-corrected chi connectivity index (χ0v) is 9.99. The van der Waals surface area contributed by atoms with E-state index in [4.69, 9.17) is 11.6 Å². The van der Waals surface area contributed by atoms with Gasteiger partial charge in [-0.05, 0) is 29.3 Å². The SMILES string of the molecule is O=C(Cl)c1nccnc1NCc1ccc(F)cc1. The van der Waals surface area contributed by atoms with Crippen LogP contribution in [0.5, 0.6) is 0 Å². The minimum atomic E-state index is -0.676. The number of hydrogen-bond donors (Lipinski definition) is 1. The molecule has 0 saturated carbocycles. The van der Waals surface area contributed by atoms with E-state index in [0.29, 0.717) is 12.4 Å². The van der Waals surface area contributed by atoms with E-state index in [1.54, 1.807) is 12.1 Å². The minimum Gasteiger partial charge on any atom is -0.364 e. The summed E-state index contributed by atoms with van der Waals surface area (Å²) in [4.78, 5) is 18.9. The van der Waals surface area contributed by atoms with Crippen molar-refractivity contribution in [3.63, 3.8) is 0 Å². The molecule has 1 aromatic carbocycles. The van der Waals surface area contributed by atoms with Gasteiger partial charge in [0.2, 0.25) is 0 Å². The number of carbonyl (C=O) groups is 1. The maximum atomic E-state index is 12.7. The first-order chi connectivity index (χ1) is 8.66. The van der Waals surface area contributed by atoms with Crippen LogP contribution in [0.4, 0.5) is 10.2 Å². The van der Waals surface area contributed by atoms with Crippen LogP contribution in [-0.2, 0) is 6.54 Å². The Hall–Kier alpha value is -2.01. The Balaban J connectivity index is 2.10. The summed E-state index contributed by atoms with van der Waals surface area (Å²) >= 11 is 5.38. The van der Waals surface area contributed by atoms with Crippen molar-refractivity contribution in [3.05, 3.63) is 53.7 Å². The molecule has 1 heterocycles. The molecule has 0 aliphatic rings. The molecule has 0 bridgehead atoms. The van der Waals surface area contributed by atoms with E-state index in [0.717, 1.165) is 5.56 Å². The van der Waals surface area contributed by atoms with E-state index in [9.17, 15) is 9.18 Å². The molecule has 0 aliphatic carbocycles. The summed E-state index contributed by atoms with van der Waals surface area (Å²) in [6.45, 7) is 0.399. The summed E-state index contributed by atoms with van der Waals surface area (Å²) in [5.41, 5.74) is 0.927. The Morgan fingerprint density at radius 3 is 2.56 bits per heavy atom. The molecule has 4 nitrogen and oxygen atoms in total. The molecule has 0 saturated heterocycles. The first-order valence-electron chi connectivity index (χ1n) is 5.16. The van der Waals surface area contributed by atoms with Gasteiger partial charge >= 0.3 is 0 Å². The van der Waals surface area contributed by atoms with Gasteiger partial charge in [-0.25, -0.2) is 14.4 Å². The van der Waals surface area contributed by atoms with Gasteiger partial charge in [-0.15, -0.1) is 0 Å². The number of nitrogens with zero attached hydrogens (tertiary/aromatic N) is 2. The molecule has 0 unspecified atom stereocenters. The van der Waals surface area contributed by atoms with Crippen LogP contribution in [0.1, 0.15) is 16.1 Å². The van der Waals surface area contributed by atoms with Gasteiger partial charge in [0.05, 0.1) is 0 Å².